The van der Waals surface area contributed by atoms with E-state index in [0.717, 1.165) is 12.8 Å². The lowest BCUT2D eigenvalue weighted by Crippen LogP contribution is -2.54. The first kappa shape index (κ1) is 15.9. The van der Waals surface area contributed by atoms with Crippen molar-refractivity contribution < 1.29 is 14.3 Å². The zero-order valence-corrected chi connectivity index (χ0v) is 13.9. The Morgan fingerprint density at radius 1 is 1.17 bits per heavy atom. The molecule has 0 saturated heterocycles. The molecular weight excluding hydrogens is 294 g/mol. The van der Waals surface area contributed by atoms with E-state index in [0.29, 0.717) is 23.7 Å². The third kappa shape index (κ3) is 3.52. The number of carbonyl (C=O) groups excluding carboxylic acids is 1. The minimum absolute atomic E-state index is 0.0739. The molecule has 1 heterocycles. The summed E-state index contributed by atoms with van der Waals surface area (Å²) in [6.45, 7) is 0.896. The van der Waals surface area contributed by atoms with Gasteiger partial charge in [-0.3, -0.25) is 0 Å². The van der Waals surface area contributed by atoms with Gasteiger partial charge in [0.2, 0.25) is 6.79 Å². The lowest BCUT2D eigenvalue weighted by atomic mass is 9.80. The van der Waals surface area contributed by atoms with Gasteiger partial charge in [-0.2, -0.15) is 0 Å². The van der Waals surface area contributed by atoms with E-state index < -0.39 is 0 Å². The summed E-state index contributed by atoms with van der Waals surface area (Å²) in [6, 6.07) is 5.22. The van der Waals surface area contributed by atoms with Crippen LogP contribution in [0.5, 0.6) is 11.5 Å². The number of hydrogen-bond donors (Lipinski definition) is 2. The fourth-order valence-corrected chi connectivity index (χ4v) is 3.39. The van der Waals surface area contributed by atoms with Crippen molar-refractivity contribution in [1.82, 2.24) is 10.2 Å². The molecule has 1 aliphatic heterocycles. The second-order valence-corrected chi connectivity index (χ2v) is 6.56. The van der Waals surface area contributed by atoms with Crippen LogP contribution >= 0.6 is 0 Å². The van der Waals surface area contributed by atoms with E-state index in [9.17, 15) is 4.79 Å². The van der Waals surface area contributed by atoms with Gasteiger partial charge in [-0.15, -0.1) is 0 Å². The molecule has 1 fully saturated rings. The second kappa shape index (κ2) is 6.66. The summed E-state index contributed by atoms with van der Waals surface area (Å²) in [7, 11) is 4.20. The Morgan fingerprint density at radius 2 is 1.91 bits per heavy atom. The van der Waals surface area contributed by atoms with E-state index in [-0.39, 0.29) is 18.4 Å². The first-order valence-electron chi connectivity index (χ1n) is 8.21. The normalized spacial score (nSPS) is 18.7. The molecule has 1 aliphatic carbocycles. The Hall–Kier alpha value is -1.95. The van der Waals surface area contributed by atoms with Crippen LogP contribution in [0.3, 0.4) is 0 Å². The molecule has 0 radical (unpaired) electrons. The molecule has 0 bridgehead atoms. The highest BCUT2D eigenvalue weighted by Gasteiger charge is 2.34. The number of anilines is 1. The molecule has 1 aromatic carbocycles. The number of nitrogens with zero attached hydrogens (tertiary/aromatic N) is 1. The van der Waals surface area contributed by atoms with E-state index in [1.807, 2.05) is 6.07 Å². The molecule has 23 heavy (non-hydrogen) atoms. The molecule has 2 amide bonds. The van der Waals surface area contributed by atoms with Crippen molar-refractivity contribution in [3.05, 3.63) is 18.2 Å². The molecule has 3 rings (SSSR count). The maximum Gasteiger partial charge on any atom is 0.319 e. The fourth-order valence-electron chi connectivity index (χ4n) is 3.39. The highest BCUT2D eigenvalue weighted by Crippen LogP contribution is 2.34. The van der Waals surface area contributed by atoms with Crippen LogP contribution in [0.2, 0.25) is 0 Å². The second-order valence-electron chi connectivity index (χ2n) is 6.56. The van der Waals surface area contributed by atoms with Crippen molar-refractivity contribution in [2.45, 2.75) is 37.6 Å². The van der Waals surface area contributed by atoms with Gasteiger partial charge in [0.15, 0.2) is 11.5 Å². The Labute approximate surface area is 137 Å². The summed E-state index contributed by atoms with van der Waals surface area (Å²) in [5.41, 5.74) is 0.777. The molecule has 1 aromatic rings. The number of hydrogen-bond acceptors (Lipinski definition) is 4. The number of fused-ring (bicyclic) bond motifs is 1. The minimum atomic E-state index is -0.185. The van der Waals surface area contributed by atoms with Crippen LogP contribution < -0.4 is 20.1 Å². The van der Waals surface area contributed by atoms with Gasteiger partial charge < -0.3 is 25.0 Å². The van der Waals surface area contributed by atoms with Crippen molar-refractivity contribution >= 4 is 11.7 Å². The Bertz CT molecular complexity index is 568. The average Bonchev–Trinajstić information content (AvgIpc) is 3.01. The number of urea groups is 1. The smallest absolute Gasteiger partial charge is 0.319 e. The summed E-state index contributed by atoms with van der Waals surface area (Å²) < 4.78 is 10.6. The van der Waals surface area contributed by atoms with Gasteiger partial charge in [0.05, 0.1) is 0 Å². The van der Waals surface area contributed by atoms with Gasteiger partial charge in [-0.25, -0.2) is 4.79 Å². The molecule has 6 nitrogen and oxygen atoms in total. The van der Waals surface area contributed by atoms with Crippen LogP contribution in [-0.4, -0.2) is 43.9 Å². The summed E-state index contributed by atoms with van der Waals surface area (Å²) >= 11 is 0. The van der Waals surface area contributed by atoms with Crippen LogP contribution in [0.4, 0.5) is 10.5 Å². The first-order chi connectivity index (χ1) is 11.1. The van der Waals surface area contributed by atoms with Crippen LogP contribution in [0.15, 0.2) is 18.2 Å². The van der Waals surface area contributed by atoms with E-state index >= 15 is 0 Å². The van der Waals surface area contributed by atoms with Gasteiger partial charge >= 0.3 is 6.03 Å². The van der Waals surface area contributed by atoms with Crippen molar-refractivity contribution in [2.24, 2.45) is 0 Å². The largest absolute Gasteiger partial charge is 0.454 e. The molecule has 6 heteroatoms. The molecule has 126 valence electrons. The van der Waals surface area contributed by atoms with Gasteiger partial charge in [-0.1, -0.05) is 19.3 Å². The number of ether oxygens (including phenoxy) is 2. The molecular formula is C17H25N3O3. The number of carbonyl (C=O) groups is 1. The average molecular weight is 319 g/mol. The van der Waals surface area contributed by atoms with Crippen molar-refractivity contribution in [3.8, 4) is 11.5 Å². The van der Waals surface area contributed by atoms with E-state index in [2.05, 4.69) is 29.6 Å². The van der Waals surface area contributed by atoms with Gasteiger partial charge in [0.25, 0.3) is 0 Å². The van der Waals surface area contributed by atoms with E-state index in [4.69, 9.17) is 9.47 Å². The Morgan fingerprint density at radius 3 is 2.65 bits per heavy atom. The van der Waals surface area contributed by atoms with Gasteiger partial charge in [0, 0.05) is 23.8 Å². The zero-order chi connectivity index (χ0) is 16.3. The number of likely N-dealkylation sites (N-methyl/N-ethyl adjacent to an activating group) is 1. The standard InChI is InChI=1S/C17H25N3O3/c1-20(2)17(8-4-3-5-9-17)11-18-16(21)19-13-6-7-14-15(10-13)23-12-22-14/h6-7,10H,3-5,8-9,11-12H2,1-2H3,(H2,18,19,21). The predicted molar refractivity (Wildman–Crippen MR) is 89.1 cm³/mol. The predicted octanol–water partition coefficient (Wildman–Crippen LogP) is 2.80. The number of benzene rings is 1. The molecule has 0 aromatic heterocycles. The quantitative estimate of drug-likeness (QED) is 0.896. The maximum absolute atomic E-state index is 12.2. The van der Waals surface area contributed by atoms with Gasteiger partial charge in [0.1, 0.15) is 0 Å². The lowest BCUT2D eigenvalue weighted by Gasteiger charge is -2.43. The molecule has 0 unspecified atom stereocenters. The van der Waals surface area contributed by atoms with Crippen molar-refractivity contribution in [3.63, 3.8) is 0 Å². The minimum Gasteiger partial charge on any atom is -0.454 e. The third-order valence-electron chi connectivity index (χ3n) is 4.94. The van der Waals surface area contributed by atoms with Crippen LogP contribution in [0.25, 0.3) is 0 Å². The topological polar surface area (TPSA) is 62.8 Å². The van der Waals surface area contributed by atoms with Crippen LogP contribution in [-0.2, 0) is 0 Å². The van der Waals surface area contributed by atoms with Gasteiger partial charge in [-0.05, 0) is 39.1 Å². The van der Waals surface area contributed by atoms with Crippen LogP contribution in [0.1, 0.15) is 32.1 Å². The number of rotatable bonds is 4. The molecule has 2 N–H and O–H groups in total. The van der Waals surface area contributed by atoms with Crippen LogP contribution in [0, 0.1) is 0 Å². The van der Waals surface area contributed by atoms with E-state index in [1.54, 1.807) is 12.1 Å². The lowest BCUT2D eigenvalue weighted by molar-refractivity contribution is 0.101. The molecule has 0 spiro atoms. The number of nitrogens with one attached hydrogen (secondary N) is 2. The third-order valence-corrected chi connectivity index (χ3v) is 4.94. The van der Waals surface area contributed by atoms with E-state index in [1.165, 1.54) is 19.3 Å². The summed E-state index contributed by atoms with van der Waals surface area (Å²) in [4.78, 5) is 14.5. The highest BCUT2D eigenvalue weighted by molar-refractivity contribution is 5.89. The zero-order valence-electron chi connectivity index (χ0n) is 13.9. The Balaban J connectivity index is 1.56. The molecule has 0 atom stereocenters. The van der Waals surface area contributed by atoms with Crippen molar-refractivity contribution in [1.29, 1.82) is 0 Å². The monoisotopic (exact) mass is 319 g/mol. The SMILES string of the molecule is CN(C)C1(CNC(=O)Nc2ccc3c(c2)OCO3)CCCCC1. The molecule has 1 saturated carbocycles. The summed E-state index contributed by atoms with van der Waals surface area (Å²) in [6.07, 6.45) is 6.00. The fraction of sp³-hybridized carbons (Fsp3) is 0.588. The number of amides is 2. The summed E-state index contributed by atoms with van der Waals surface area (Å²) in [5.74, 6) is 1.38. The first-order valence-corrected chi connectivity index (χ1v) is 8.21. The Kier molecular flexibility index (Phi) is 4.61. The molecule has 2 aliphatic rings. The summed E-state index contributed by atoms with van der Waals surface area (Å²) in [5, 5.41) is 5.89. The van der Waals surface area contributed by atoms with Crippen molar-refractivity contribution in [2.75, 3.05) is 32.7 Å². The highest BCUT2D eigenvalue weighted by atomic mass is 16.7. The maximum atomic E-state index is 12.2.